The molecule has 6 heteroatoms. The molecule has 2 spiro atoms. The van der Waals surface area contributed by atoms with Crippen molar-refractivity contribution in [3.8, 4) is 0 Å². The summed E-state index contributed by atoms with van der Waals surface area (Å²) in [6.45, 7) is 6.30. The summed E-state index contributed by atoms with van der Waals surface area (Å²) in [5, 5.41) is 11.2. The Hall–Kier alpha value is -0.980. The minimum Gasteiger partial charge on any atom is -0.461 e. The number of aliphatic hydroxyl groups excluding tert-OH is 1. The maximum Gasteiger partial charge on any atom is 0.320 e. The van der Waals surface area contributed by atoms with Gasteiger partial charge in [-0.2, -0.15) is 0 Å². The van der Waals surface area contributed by atoms with Crippen LogP contribution >= 0.6 is 0 Å². The molecule has 5 fully saturated rings. The lowest BCUT2D eigenvalue weighted by Crippen LogP contribution is -2.70. The van der Waals surface area contributed by atoms with E-state index < -0.39 is 29.5 Å². The lowest BCUT2D eigenvalue weighted by molar-refractivity contribution is -0.268. The number of ether oxygens (including phenoxy) is 3. The van der Waals surface area contributed by atoms with E-state index in [2.05, 4.69) is 13.8 Å². The highest BCUT2D eigenvalue weighted by molar-refractivity contribution is 6.07. The van der Waals surface area contributed by atoms with Gasteiger partial charge in [-0.25, -0.2) is 0 Å². The van der Waals surface area contributed by atoms with E-state index in [4.69, 9.17) is 14.2 Å². The molecular formula is C21H30O6. The summed E-state index contributed by atoms with van der Waals surface area (Å²) >= 11 is 0. The first-order valence-corrected chi connectivity index (χ1v) is 10.3. The number of rotatable bonds is 1. The molecule has 0 amide bonds. The molecule has 5 rings (SSSR count). The number of hydrogen-bond donors (Lipinski definition) is 1. The third kappa shape index (κ3) is 1.83. The van der Waals surface area contributed by atoms with Crippen LogP contribution in [0, 0.1) is 39.9 Å². The minimum atomic E-state index is -1.11. The first-order chi connectivity index (χ1) is 12.7. The Kier molecular flexibility index (Phi) is 3.57. The van der Waals surface area contributed by atoms with Crippen molar-refractivity contribution in [2.75, 3.05) is 7.11 Å². The molecule has 6 nitrogen and oxygen atoms in total. The average molecular weight is 378 g/mol. The summed E-state index contributed by atoms with van der Waals surface area (Å²) in [6, 6.07) is 0. The van der Waals surface area contributed by atoms with Crippen molar-refractivity contribution in [1.29, 1.82) is 0 Å². The number of carbonyl (C=O) groups is 2. The summed E-state index contributed by atoms with van der Waals surface area (Å²) in [4.78, 5) is 26.6. The second kappa shape index (κ2) is 5.33. The Morgan fingerprint density at radius 1 is 1.19 bits per heavy atom. The van der Waals surface area contributed by atoms with E-state index in [-0.39, 0.29) is 40.8 Å². The normalized spacial score (nSPS) is 55.5. The van der Waals surface area contributed by atoms with Gasteiger partial charge in [0.25, 0.3) is 0 Å². The quantitative estimate of drug-likeness (QED) is 0.557. The lowest BCUT2D eigenvalue weighted by Gasteiger charge is -2.62. The summed E-state index contributed by atoms with van der Waals surface area (Å²) in [6.07, 6.45) is 1.71. The molecule has 1 N–H and O–H groups in total. The molecule has 150 valence electrons. The predicted molar refractivity (Wildman–Crippen MR) is 94.1 cm³/mol. The molecule has 2 heterocycles. The largest absolute Gasteiger partial charge is 0.461 e. The van der Waals surface area contributed by atoms with E-state index in [1.165, 1.54) is 0 Å². The Morgan fingerprint density at radius 2 is 1.93 bits per heavy atom. The molecule has 0 aromatic heterocycles. The summed E-state index contributed by atoms with van der Waals surface area (Å²) in [7, 11) is 1.60. The van der Waals surface area contributed by atoms with Gasteiger partial charge in [0.2, 0.25) is 0 Å². The van der Waals surface area contributed by atoms with Crippen molar-refractivity contribution in [3.05, 3.63) is 0 Å². The number of fused-ring (bicyclic) bond motifs is 1. The standard InChI is InChI=1S/C21H30O6/c1-10-11-5-6-12-20(9-11,15(10)22)17(23)26-13-7-8-19(2,3)14-16(25-4)27-18(24)21(12,13)14/h10-14,16,18,24H,5-9H2,1-4H3/t10-,11+,12-,13+,14-,16-,18?,20+,21?/m1/s1. The fourth-order valence-corrected chi connectivity index (χ4v) is 7.83. The van der Waals surface area contributed by atoms with Crippen molar-refractivity contribution >= 4 is 11.8 Å². The van der Waals surface area contributed by atoms with Crippen molar-refractivity contribution in [2.45, 2.75) is 71.6 Å². The zero-order valence-corrected chi connectivity index (χ0v) is 16.6. The Balaban J connectivity index is 1.73. The lowest BCUT2D eigenvalue weighted by atomic mass is 9.43. The Labute approximate surface area is 159 Å². The van der Waals surface area contributed by atoms with Gasteiger partial charge in [-0.05, 0) is 49.4 Å². The number of ketones is 1. The highest BCUT2D eigenvalue weighted by atomic mass is 16.7. The summed E-state index contributed by atoms with van der Waals surface area (Å²) < 4.78 is 17.6. The molecule has 0 aromatic carbocycles. The molecule has 5 aliphatic rings. The zero-order chi connectivity index (χ0) is 19.4. The highest BCUT2D eigenvalue weighted by Gasteiger charge is 2.80. The van der Waals surface area contributed by atoms with E-state index in [0.29, 0.717) is 12.8 Å². The van der Waals surface area contributed by atoms with Crippen LogP contribution in [0.4, 0.5) is 0 Å². The number of aliphatic hydroxyl groups is 1. The molecule has 2 aliphatic heterocycles. The fraction of sp³-hybridized carbons (Fsp3) is 0.905. The van der Waals surface area contributed by atoms with Crippen LogP contribution in [0.2, 0.25) is 0 Å². The zero-order valence-electron chi connectivity index (χ0n) is 16.6. The molecule has 3 saturated carbocycles. The fourth-order valence-electron chi connectivity index (χ4n) is 7.83. The second-order valence-corrected chi connectivity index (χ2v) is 10.2. The van der Waals surface area contributed by atoms with Crippen molar-refractivity contribution in [3.63, 3.8) is 0 Å². The van der Waals surface area contributed by atoms with Gasteiger partial charge < -0.3 is 19.3 Å². The molecular weight excluding hydrogens is 348 g/mol. The van der Waals surface area contributed by atoms with Crippen molar-refractivity contribution in [2.24, 2.45) is 39.9 Å². The first kappa shape index (κ1) is 18.1. The molecule has 27 heavy (non-hydrogen) atoms. The van der Waals surface area contributed by atoms with Gasteiger partial charge in [-0.1, -0.05) is 20.8 Å². The van der Waals surface area contributed by atoms with Crippen molar-refractivity contribution in [1.82, 2.24) is 0 Å². The molecule has 0 aromatic rings. The van der Waals surface area contributed by atoms with Crippen LogP contribution in [0.5, 0.6) is 0 Å². The average Bonchev–Trinajstić information content (AvgIpc) is 3.04. The van der Waals surface area contributed by atoms with E-state index in [0.717, 1.165) is 19.3 Å². The SMILES string of the molecule is CO[C@@H]1OC(O)C23[C@H](CCC(C)(C)[C@@H]12)OC(=O)[C@@]12C[C@H](CC[C@@H]31)[C@@H](C)C2=O. The predicted octanol–water partition coefficient (Wildman–Crippen LogP) is 2.28. The maximum absolute atomic E-state index is 13.4. The number of esters is 1. The van der Waals surface area contributed by atoms with E-state index >= 15 is 0 Å². The van der Waals surface area contributed by atoms with Gasteiger partial charge in [0.15, 0.2) is 18.4 Å². The minimum absolute atomic E-state index is 0.0167. The highest BCUT2D eigenvalue weighted by Crippen LogP contribution is 2.72. The van der Waals surface area contributed by atoms with E-state index in [9.17, 15) is 14.7 Å². The Bertz CT molecular complexity index is 703. The molecule has 2 bridgehead atoms. The number of Topliss-reactive ketones (excluding diaryl/α,β-unsaturated/α-hetero) is 1. The van der Waals surface area contributed by atoms with Gasteiger partial charge >= 0.3 is 5.97 Å². The topological polar surface area (TPSA) is 82.1 Å². The molecule has 9 atom stereocenters. The van der Waals surface area contributed by atoms with Gasteiger partial charge in [0.05, 0.1) is 5.41 Å². The van der Waals surface area contributed by atoms with Crippen LogP contribution in [0.1, 0.15) is 52.9 Å². The maximum atomic E-state index is 13.4. The molecule has 2 saturated heterocycles. The number of carbonyl (C=O) groups excluding carboxylic acids is 2. The first-order valence-electron chi connectivity index (χ1n) is 10.3. The van der Waals surface area contributed by atoms with Crippen LogP contribution in [-0.2, 0) is 23.8 Å². The monoisotopic (exact) mass is 378 g/mol. The van der Waals surface area contributed by atoms with Crippen LogP contribution in [0.3, 0.4) is 0 Å². The van der Waals surface area contributed by atoms with Crippen molar-refractivity contribution < 1.29 is 28.9 Å². The molecule has 0 radical (unpaired) electrons. The van der Waals surface area contributed by atoms with E-state index in [1.807, 2.05) is 6.92 Å². The summed E-state index contributed by atoms with van der Waals surface area (Å²) in [5.41, 5.74) is -2.04. The Morgan fingerprint density at radius 3 is 2.63 bits per heavy atom. The molecule has 2 unspecified atom stereocenters. The third-order valence-electron chi connectivity index (χ3n) is 8.97. The van der Waals surface area contributed by atoms with E-state index in [1.54, 1.807) is 7.11 Å². The van der Waals surface area contributed by atoms with Gasteiger partial charge in [0, 0.05) is 18.9 Å². The van der Waals surface area contributed by atoms with Crippen LogP contribution in [-0.4, -0.2) is 42.7 Å². The third-order valence-corrected chi connectivity index (χ3v) is 8.97. The van der Waals surface area contributed by atoms with Gasteiger partial charge in [-0.15, -0.1) is 0 Å². The van der Waals surface area contributed by atoms with Gasteiger partial charge in [0.1, 0.15) is 11.5 Å². The summed E-state index contributed by atoms with van der Waals surface area (Å²) in [5.74, 6) is -0.592. The smallest absolute Gasteiger partial charge is 0.320 e. The van der Waals surface area contributed by atoms with Crippen LogP contribution in [0.25, 0.3) is 0 Å². The van der Waals surface area contributed by atoms with Crippen LogP contribution < -0.4 is 0 Å². The number of hydrogen-bond acceptors (Lipinski definition) is 6. The van der Waals surface area contributed by atoms with Crippen LogP contribution in [0.15, 0.2) is 0 Å². The molecule has 3 aliphatic carbocycles. The number of methoxy groups -OCH3 is 1. The second-order valence-electron chi connectivity index (χ2n) is 10.2. The van der Waals surface area contributed by atoms with Gasteiger partial charge in [-0.3, -0.25) is 9.59 Å².